The minimum absolute atomic E-state index is 0.0343. The van der Waals surface area contributed by atoms with Crippen LogP contribution in [0, 0.1) is 5.82 Å². The molecule has 0 saturated heterocycles. The van der Waals surface area contributed by atoms with Crippen LogP contribution in [0.5, 0.6) is 17.2 Å². The molecule has 0 spiro atoms. The van der Waals surface area contributed by atoms with E-state index in [1.807, 2.05) is 0 Å². The molecule has 1 N–H and O–H groups in total. The van der Waals surface area contributed by atoms with Crippen molar-refractivity contribution in [3.8, 4) is 17.2 Å². The first kappa shape index (κ1) is 24.6. The number of rotatable bonds is 7. The molecular formula is C29H29FN2O5. The summed E-state index contributed by atoms with van der Waals surface area (Å²) in [5.41, 5.74) is 1.29. The molecule has 37 heavy (non-hydrogen) atoms. The molecule has 2 aliphatic rings. The Kier molecular flexibility index (Phi) is 7.25. The summed E-state index contributed by atoms with van der Waals surface area (Å²) in [6, 6.07) is 16.6. The maximum absolute atomic E-state index is 14.2. The maximum Gasteiger partial charge on any atom is 0.259 e. The molecule has 1 aliphatic heterocycles. The highest BCUT2D eigenvalue weighted by Gasteiger charge is 2.35. The molecule has 192 valence electrons. The number of hydrogen-bond donors (Lipinski definition) is 1. The smallest absolute Gasteiger partial charge is 0.259 e. The quantitative estimate of drug-likeness (QED) is 0.487. The van der Waals surface area contributed by atoms with E-state index in [0.29, 0.717) is 47.3 Å². The largest absolute Gasteiger partial charge is 0.497 e. The van der Waals surface area contributed by atoms with Gasteiger partial charge in [-0.25, -0.2) is 4.39 Å². The van der Waals surface area contributed by atoms with Gasteiger partial charge in [-0.2, -0.15) is 0 Å². The van der Waals surface area contributed by atoms with Crippen LogP contribution in [-0.4, -0.2) is 38.2 Å². The number of carbonyl (C=O) groups is 2. The second kappa shape index (κ2) is 10.9. The van der Waals surface area contributed by atoms with Gasteiger partial charge in [0.15, 0.2) is 11.5 Å². The molecule has 0 bridgehead atoms. The van der Waals surface area contributed by atoms with Crippen molar-refractivity contribution in [1.82, 2.24) is 5.32 Å². The third-order valence-corrected chi connectivity index (χ3v) is 6.73. The lowest BCUT2D eigenvalue weighted by molar-refractivity contribution is -0.123. The third-order valence-electron chi connectivity index (χ3n) is 6.73. The van der Waals surface area contributed by atoms with Crippen LogP contribution in [0.25, 0.3) is 0 Å². The van der Waals surface area contributed by atoms with Crippen molar-refractivity contribution < 1.29 is 28.2 Å². The van der Waals surface area contributed by atoms with Gasteiger partial charge in [0.2, 0.25) is 5.91 Å². The number of methoxy groups -OCH3 is 1. The topological polar surface area (TPSA) is 77.1 Å². The van der Waals surface area contributed by atoms with Gasteiger partial charge in [0.25, 0.3) is 5.91 Å². The highest BCUT2D eigenvalue weighted by Crippen LogP contribution is 2.35. The predicted molar refractivity (Wildman–Crippen MR) is 137 cm³/mol. The highest BCUT2D eigenvalue weighted by molar-refractivity contribution is 6.10. The summed E-state index contributed by atoms with van der Waals surface area (Å²) in [4.78, 5) is 29.5. The fraction of sp³-hybridized carbons (Fsp3) is 0.310. The van der Waals surface area contributed by atoms with Crippen LogP contribution >= 0.6 is 0 Å². The zero-order valence-corrected chi connectivity index (χ0v) is 20.6. The number of nitrogens with zero attached hydrogens (tertiary/aromatic N) is 1. The molecular weight excluding hydrogens is 475 g/mol. The molecule has 3 aromatic carbocycles. The van der Waals surface area contributed by atoms with Crippen molar-refractivity contribution in [2.24, 2.45) is 0 Å². The van der Waals surface area contributed by atoms with Crippen molar-refractivity contribution in [3.05, 3.63) is 83.7 Å². The van der Waals surface area contributed by atoms with Crippen molar-refractivity contribution in [3.63, 3.8) is 0 Å². The lowest BCUT2D eigenvalue weighted by Crippen LogP contribution is -2.46. The van der Waals surface area contributed by atoms with Gasteiger partial charge in [-0.1, -0.05) is 31.0 Å². The van der Waals surface area contributed by atoms with E-state index < -0.39 is 17.8 Å². The molecule has 0 radical (unpaired) electrons. The second-order valence-corrected chi connectivity index (χ2v) is 9.18. The summed E-state index contributed by atoms with van der Waals surface area (Å²) in [7, 11) is 1.54. The van der Waals surface area contributed by atoms with E-state index in [1.165, 1.54) is 24.1 Å². The fourth-order valence-corrected chi connectivity index (χ4v) is 4.87. The number of anilines is 1. The first-order chi connectivity index (χ1) is 18.0. The van der Waals surface area contributed by atoms with Gasteiger partial charge < -0.3 is 19.5 Å². The Labute approximate surface area is 215 Å². The van der Waals surface area contributed by atoms with Gasteiger partial charge in [0.05, 0.1) is 7.11 Å². The molecule has 7 nitrogen and oxygen atoms in total. The van der Waals surface area contributed by atoms with E-state index in [-0.39, 0.29) is 11.9 Å². The number of fused-ring (bicyclic) bond motifs is 1. The van der Waals surface area contributed by atoms with Crippen LogP contribution < -0.4 is 24.4 Å². The Morgan fingerprint density at radius 3 is 2.43 bits per heavy atom. The molecule has 8 heteroatoms. The Balaban J connectivity index is 1.61. The summed E-state index contributed by atoms with van der Waals surface area (Å²) in [6.07, 6.45) is 3.86. The lowest BCUT2D eigenvalue weighted by Gasteiger charge is -2.33. The average molecular weight is 505 g/mol. The summed E-state index contributed by atoms with van der Waals surface area (Å²) < 4.78 is 30.6. The van der Waals surface area contributed by atoms with Gasteiger partial charge in [-0.05, 0) is 60.9 Å². The molecule has 1 heterocycles. The number of halogens is 1. The fourth-order valence-electron chi connectivity index (χ4n) is 4.87. The molecule has 1 fully saturated rings. The van der Waals surface area contributed by atoms with Gasteiger partial charge in [-0.3, -0.25) is 14.5 Å². The Bertz CT molecular complexity index is 1270. The van der Waals surface area contributed by atoms with Crippen molar-refractivity contribution in [2.75, 3.05) is 25.2 Å². The molecule has 1 atom stereocenters. The van der Waals surface area contributed by atoms with Crippen LogP contribution in [0.3, 0.4) is 0 Å². The Morgan fingerprint density at radius 1 is 0.973 bits per heavy atom. The van der Waals surface area contributed by atoms with Crippen LogP contribution in [0.15, 0.2) is 66.7 Å². The monoisotopic (exact) mass is 504 g/mol. The molecule has 5 rings (SSSR count). The van der Waals surface area contributed by atoms with Crippen molar-refractivity contribution in [1.29, 1.82) is 0 Å². The first-order valence-electron chi connectivity index (χ1n) is 12.5. The standard InChI is InChI=1S/C29H29FN2O5/c1-35-24-8-4-7-23(18-24)32(29(34)20-11-14-25-26(17-20)37-16-15-36-25)27(19-9-12-21(30)13-10-19)28(33)31-22-5-2-3-6-22/h4,7-14,17-18,22,27H,2-3,5-6,15-16H2,1H3,(H,31,33)/t27-/m0/s1. The Hall–Kier alpha value is -4.07. The normalized spacial score (nSPS) is 15.6. The van der Waals surface area contributed by atoms with Crippen LogP contribution in [0.4, 0.5) is 10.1 Å². The lowest BCUT2D eigenvalue weighted by atomic mass is 10.0. The van der Waals surface area contributed by atoms with Gasteiger partial charge in [0.1, 0.15) is 30.8 Å². The molecule has 0 aromatic heterocycles. The van der Waals surface area contributed by atoms with E-state index in [9.17, 15) is 14.0 Å². The van der Waals surface area contributed by atoms with Crippen molar-refractivity contribution >= 4 is 17.5 Å². The number of benzene rings is 3. The minimum atomic E-state index is -1.05. The zero-order valence-electron chi connectivity index (χ0n) is 20.6. The van der Waals surface area contributed by atoms with Gasteiger partial charge >= 0.3 is 0 Å². The van der Waals surface area contributed by atoms with E-state index in [0.717, 1.165) is 25.7 Å². The van der Waals surface area contributed by atoms with E-state index in [2.05, 4.69) is 5.32 Å². The summed E-state index contributed by atoms with van der Waals surface area (Å²) in [5.74, 6) is 0.394. The highest BCUT2D eigenvalue weighted by atomic mass is 19.1. The average Bonchev–Trinajstić information content (AvgIpc) is 3.44. The summed E-state index contributed by atoms with van der Waals surface area (Å²) >= 11 is 0. The summed E-state index contributed by atoms with van der Waals surface area (Å²) in [6.45, 7) is 0.816. The van der Waals surface area contributed by atoms with E-state index in [4.69, 9.17) is 14.2 Å². The minimum Gasteiger partial charge on any atom is -0.497 e. The van der Waals surface area contributed by atoms with Gasteiger partial charge in [0, 0.05) is 23.4 Å². The summed E-state index contributed by atoms with van der Waals surface area (Å²) in [5, 5.41) is 3.12. The van der Waals surface area contributed by atoms with Gasteiger partial charge in [-0.15, -0.1) is 0 Å². The van der Waals surface area contributed by atoms with E-state index in [1.54, 1.807) is 54.6 Å². The molecule has 1 aliphatic carbocycles. The Morgan fingerprint density at radius 2 is 1.70 bits per heavy atom. The number of amides is 2. The number of ether oxygens (including phenoxy) is 3. The molecule has 0 unspecified atom stereocenters. The van der Waals surface area contributed by atoms with Crippen LogP contribution in [0.2, 0.25) is 0 Å². The molecule has 3 aromatic rings. The second-order valence-electron chi connectivity index (χ2n) is 9.18. The third kappa shape index (κ3) is 5.38. The number of nitrogens with one attached hydrogen (secondary N) is 1. The maximum atomic E-state index is 14.2. The van der Waals surface area contributed by atoms with Crippen molar-refractivity contribution in [2.45, 2.75) is 37.8 Å². The van der Waals surface area contributed by atoms with E-state index >= 15 is 0 Å². The van der Waals surface area contributed by atoms with Crippen LogP contribution in [0.1, 0.15) is 47.6 Å². The molecule has 2 amide bonds. The predicted octanol–water partition coefficient (Wildman–Crippen LogP) is 5.05. The molecule has 1 saturated carbocycles. The SMILES string of the molecule is COc1cccc(N(C(=O)c2ccc3c(c2)OCCO3)[C@H](C(=O)NC2CCCC2)c2ccc(F)cc2)c1. The first-order valence-corrected chi connectivity index (χ1v) is 12.5. The number of carbonyl (C=O) groups excluding carboxylic acids is 2. The van der Waals surface area contributed by atoms with Crippen LogP contribution in [-0.2, 0) is 4.79 Å². The number of hydrogen-bond acceptors (Lipinski definition) is 5. The zero-order chi connectivity index (χ0) is 25.8.